The molecule has 0 spiro atoms. The molecule has 1 aromatic rings. The number of hydrogen-bond acceptors (Lipinski definition) is 3. The smallest absolute Gasteiger partial charge is 0.272 e. The molecule has 1 aromatic heterocycles. The van der Waals surface area contributed by atoms with Gasteiger partial charge in [0, 0.05) is 25.2 Å². The Balaban J connectivity index is 2.23. The first-order valence-electron chi connectivity index (χ1n) is 6.81. The van der Waals surface area contributed by atoms with Crippen molar-refractivity contribution in [2.45, 2.75) is 52.1 Å². The van der Waals surface area contributed by atoms with E-state index >= 15 is 0 Å². The summed E-state index contributed by atoms with van der Waals surface area (Å²) in [5.74, 6) is 0.498. The van der Waals surface area contributed by atoms with Gasteiger partial charge in [0.25, 0.3) is 5.91 Å². The zero-order valence-corrected chi connectivity index (χ0v) is 11.2. The van der Waals surface area contributed by atoms with E-state index in [1.807, 2.05) is 11.8 Å². The van der Waals surface area contributed by atoms with Crippen molar-refractivity contribution in [2.24, 2.45) is 0 Å². The number of rotatable bonds is 3. The molecule has 1 unspecified atom stereocenters. The van der Waals surface area contributed by atoms with Crippen LogP contribution in [0, 0.1) is 0 Å². The number of aromatic nitrogens is 2. The molecule has 0 aliphatic carbocycles. The number of nitrogen functional groups attached to an aromatic ring is 1. The van der Waals surface area contributed by atoms with E-state index in [1.54, 1.807) is 10.7 Å². The SMILES string of the molecule is CCC1CCCCN1C(=O)c1cc(N)nn1CC. The summed E-state index contributed by atoms with van der Waals surface area (Å²) in [5, 5.41) is 4.14. The van der Waals surface area contributed by atoms with E-state index in [4.69, 9.17) is 5.73 Å². The lowest BCUT2D eigenvalue weighted by Crippen LogP contribution is -2.44. The summed E-state index contributed by atoms with van der Waals surface area (Å²) in [5.41, 5.74) is 6.31. The summed E-state index contributed by atoms with van der Waals surface area (Å²) >= 11 is 0. The van der Waals surface area contributed by atoms with Crippen molar-refractivity contribution in [3.8, 4) is 0 Å². The predicted molar refractivity (Wildman–Crippen MR) is 71.3 cm³/mol. The van der Waals surface area contributed by atoms with Crippen LogP contribution in [0.4, 0.5) is 5.82 Å². The Kier molecular flexibility index (Phi) is 3.89. The van der Waals surface area contributed by atoms with Gasteiger partial charge in [-0.15, -0.1) is 0 Å². The average molecular weight is 250 g/mol. The molecule has 5 heteroatoms. The van der Waals surface area contributed by atoms with E-state index in [0.29, 0.717) is 24.1 Å². The molecule has 0 aromatic carbocycles. The fourth-order valence-electron chi connectivity index (χ4n) is 2.69. The highest BCUT2D eigenvalue weighted by Crippen LogP contribution is 2.22. The molecule has 0 radical (unpaired) electrons. The molecule has 1 amide bonds. The second-order valence-electron chi connectivity index (χ2n) is 4.83. The van der Waals surface area contributed by atoms with Gasteiger partial charge in [-0.25, -0.2) is 0 Å². The molecule has 1 aliphatic heterocycles. The van der Waals surface area contributed by atoms with E-state index in [1.165, 1.54) is 6.42 Å². The monoisotopic (exact) mass is 250 g/mol. The lowest BCUT2D eigenvalue weighted by Gasteiger charge is -2.35. The molecule has 1 saturated heterocycles. The van der Waals surface area contributed by atoms with Gasteiger partial charge in [0.15, 0.2) is 0 Å². The molecule has 18 heavy (non-hydrogen) atoms. The third-order valence-corrected chi connectivity index (χ3v) is 3.68. The van der Waals surface area contributed by atoms with Gasteiger partial charge >= 0.3 is 0 Å². The summed E-state index contributed by atoms with van der Waals surface area (Å²) in [6.45, 7) is 5.63. The van der Waals surface area contributed by atoms with Crippen LogP contribution in [0.15, 0.2) is 6.07 Å². The predicted octanol–water partition coefficient (Wildman–Crippen LogP) is 1.89. The van der Waals surface area contributed by atoms with Crippen LogP contribution in [0.25, 0.3) is 0 Å². The maximum absolute atomic E-state index is 12.6. The van der Waals surface area contributed by atoms with Gasteiger partial charge in [-0.05, 0) is 32.6 Å². The minimum atomic E-state index is 0.0765. The van der Waals surface area contributed by atoms with E-state index in [-0.39, 0.29) is 5.91 Å². The molecule has 5 nitrogen and oxygen atoms in total. The number of likely N-dealkylation sites (tertiary alicyclic amines) is 1. The standard InChI is InChI=1S/C13H22N4O/c1-3-10-7-5-6-8-16(10)13(18)11-9-12(14)15-17(11)4-2/h9-10H,3-8H2,1-2H3,(H2,14,15). The lowest BCUT2D eigenvalue weighted by atomic mass is 9.99. The normalized spacial score (nSPS) is 20.1. The Morgan fingerprint density at radius 3 is 2.94 bits per heavy atom. The Hall–Kier alpha value is -1.52. The highest BCUT2D eigenvalue weighted by molar-refractivity contribution is 5.93. The van der Waals surface area contributed by atoms with Crippen LogP contribution in [0.1, 0.15) is 50.0 Å². The van der Waals surface area contributed by atoms with Gasteiger partial charge in [0.2, 0.25) is 0 Å². The molecular formula is C13H22N4O. The maximum atomic E-state index is 12.6. The van der Waals surface area contributed by atoms with Crippen LogP contribution in [-0.4, -0.2) is 33.2 Å². The Morgan fingerprint density at radius 1 is 1.50 bits per heavy atom. The van der Waals surface area contributed by atoms with E-state index in [2.05, 4.69) is 12.0 Å². The van der Waals surface area contributed by atoms with Gasteiger partial charge in [-0.3, -0.25) is 9.48 Å². The topological polar surface area (TPSA) is 64.2 Å². The van der Waals surface area contributed by atoms with Crippen LogP contribution >= 0.6 is 0 Å². The third-order valence-electron chi connectivity index (χ3n) is 3.68. The average Bonchev–Trinajstić information content (AvgIpc) is 2.79. The number of carbonyl (C=O) groups is 1. The zero-order chi connectivity index (χ0) is 13.1. The molecule has 1 atom stereocenters. The van der Waals surface area contributed by atoms with Gasteiger partial charge in [-0.1, -0.05) is 6.92 Å². The number of hydrogen-bond donors (Lipinski definition) is 1. The number of aryl methyl sites for hydroxylation is 1. The van der Waals surface area contributed by atoms with Crippen molar-refractivity contribution in [3.63, 3.8) is 0 Å². The van der Waals surface area contributed by atoms with Gasteiger partial charge in [0.05, 0.1) is 0 Å². The van der Waals surface area contributed by atoms with E-state index in [0.717, 1.165) is 25.8 Å². The first kappa shape index (κ1) is 12.9. The number of carbonyl (C=O) groups excluding carboxylic acids is 1. The van der Waals surface area contributed by atoms with Crippen molar-refractivity contribution in [2.75, 3.05) is 12.3 Å². The molecule has 2 N–H and O–H groups in total. The Labute approximate surface area is 108 Å². The number of amides is 1. The third kappa shape index (κ3) is 2.35. The summed E-state index contributed by atoms with van der Waals surface area (Å²) in [7, 11) is 0. The molecule has 0 saturated carbocycles. The van der Waals surface area contributed by atoms with Gasteiger partial charge < -0.3 is 10.6 Å². The quantitative estimate of drug-likeness (QED) is 0.891. The Bertz CT molecular complexity index is 427. The first-order valence-corrected chi connectivity index (χ1v) is 6.81. The highest BCUT2D eigenvalue weighted by Gasteiger charge is 2.28. The summed E-state index contributed by atoms with van der Waals surface area (Å²) in [6.07, 6.45) is 4.44. The molecule has 2 heterocycles. The van der Waals surface area contributed by atoms with Crippen LogP contribution in [0.2, 0.25) is 0 Å². The van der Waals surface area contributed by atoms with Gasteiger partial charge in [-0.2, -0.15) is 5.10 Å². The summed E-state index contributed by atoms with van der Waals surface area (Å²) < 4.78 is 1.69. The molecule has 100 valence electrons. The van der Waals surface area contributed by atoms with Crippen LogP contribution < -0.4 is 5.73 Å². The fourth-order valence-corrected chi connectivity index (χ4v) is 2.69. The zero-order valence-electron chi connectivity index (χ0n) is 11.2. The van der Waals surface area contributed by atoms with E-state index in [9.17, 15) is 4.79 Å². The fraction of sp³-hybridized carbons (Fsp3) is 0.692. The second-order valence-corrected chi connectivity index (χ2v) is 4.83. The molecule has 1 aliphatic rings. The first-order chi connectivity index (χ1) is 8.67. The van der Waals surface area contributed by atoms with Gasteiger partial charge in [0.1, 0.15) is 11.5 Å². The van der Waals surface area contributed by atoms with Crippen molar-refractivity contribution < 1.29 is 4.79 Å². The number of piperidine rings is 1. The maximum Gasteiger partial charge on any atom is 0.272 e. The molecule has 1 fully saturated rings. The lowest BCUT2D eigenvalue weighted by molar-refractivity contribution is 0.0595. The minimum absolute atomic E-state index is 0.0765. The van der Waals surface area contributed by atoms with Crippen molar-refractivity contribution in [1.29, 1.82) is 0 Å². The van der Waals surface area contributed by atoms with Crippen molar-refractivity contribution in [3.05, 3.63) is 11.8 Å². The molecule has 2 rings (SSSR count). The van der Waals surface area contributed by atoms with Crippen molar-refractivity contribution >= 4 is 11.7 Å². The molecular weight excluding hydrogens is 228 g/mol. The van der Waals surface area contributed by atoms with Crippen LogP contribution in [-0.2, 0) is 6.54 Å². The Morgan fingerprint density at radius 2 is 2.28 bits per heavy atom. The van der Waals surface area contributed by atoms with Crippen LogP contribution in [0.5, 0.6) is 0 Å². The minimum Gasteiger partial charge on any atom is -0.382 e. The highest BCUT2D eigenvalue weighted by atomic mass is 16.2. The van der Waals surface area contributed by atoms with Crippen LogP contribution in [0.3, 0.4) is 0 Å². The number of anilines is 1. The van der Waals surface area contributed by atoms with E-state index < -0.39 is 0 Å². The summed E-state index contributed by atoms with van der Waals surface area (Å²) in [6, 6.07) is 2.06. The van der Waals surface area contributed by atoms with Crippen molar-refractivity contribution in [1.82, 2.24) is 14.7 Å². The largest absolute Gasteiger partial charge is 0.382 e. The number of nitrogens with zero attached hydrogens (tertiary/aromatic N) is 3. The molecule has 0 bridgehead atoms. The number of nitrogens with two attached hydrogens (primary N) is 1. The summed E-state index contributed by atoms with van der Waals surface area (Å²) in [4.78, 5) is 14.6. The second kappa shape index (κ2) is 5.42.